The van der Waals surface area contributed by atoms with E-state index in [1.807, 2.05) is 26.8 Å². The van der Waals surface area contributed by atoms with Crippen LogP contribution in [0.2, 0.25) is 0 Å². The zero-order valence-electron chi connectivity index (χ0n) is 25.7. The van der Waals surface area contributed by atoms with Crippen LogP contribution in [0.5, 0.6) is 0 Å². The van der Waals surface area contributed by atoms with Gasteiger partial charge in [-0.3, -0.25) is 9.59 Å². The molecule has 8 bridgehead atoms. The fourth-order valence-corrected chi connectivity index (χ4v) is 6.40. The summed E-state index contributed by atoms with van der Waals surface area (Å²) in [7, 11) is 0. The molecule has 5 heterocycles. The maximum Gasteiger partial charge on any atom is 2.00 e. The van der Waals surface area contributed by atoms with Gasteiger partial charge in [-0.05, 0) is 67.2 Å². The Morgan fingerprint density at radius 2 is 1.72 bits per heavy atom. The van der Waals surface area contributed by atoms with E-state index < -0.39 is 30.2 Å². The molecule has 5 aliphatic heterocycles. The Hall–Kier alpha value is -4.80. The first-order chi connectivity index (χ1) is 21.4. The molecule has 0 amide bonds. The van der Waals surface area contributed by atoms with E-state index in [-0.39, 0.29) is 64.0 Å². The minimum absolute atomic E-state index is 0. The van der Waals surface area contributed by atoms with Crippen LogP contribution < -0.4 is 15.5 Å². The average molecular weight is 672 g/mol. The second-order valence-electron chi connectivity index (χ2n) is 11.3. The summed E-state index contributed by atoms with van der Waals surface area (Å²) in [6.07, 6.45) is 7.38. The smallest absolute Gasteiger partial charge is 0.877 e. The van der Waals surface area contributed by atoms with Crippen molar-refractivity contribution in [3.63, 3.8) is 0 Å². The van der Waals surface area contributed by atoms with Gasteiger partial charge < -0.3 is 30.5 Å². The summed E-state index contributed by atoms with van der Waals surface area (Å²) in [6, 6.07) is 0. The fraction of sp³-hybridized carbons (Fsp3) is 0.294. The summed E-state index contributed by atoms with van der Waals surface area (Å²) >= 11 is 0. The second-order valence-corrected chi connectivity index (χ2v) is 11.3. The van der Waals surface area contributed by atoms with Crippen LogP contribution in [0.3, 0.4) is 0 Å². The Labute approximate surface area is 276 Å². The maximum atomic E-state index is 12.6. The van der Waals surface area contributed by atoms with Crippen molar-refractivity contribution in [1.82, 2.24) is 5.32 Å². The summed E-state index contributed by atoms with van der Waals surface area (Å²) in [4.78, 5) is 50.7. The van der Waals surface area contributed by atoms with Crippen LogP contribution in [0.25, 0.3) is 0 Å². The molecule has 1 fully saturated rings. The molecule has 5 rings (SSSR count). The number of hydrogen-bond acceptors (Lipinski definition) is 9. The summed E-state index contributed by atoms with van der Waals surface area (Å²) in [6.45, 7) is 11.2. The Morgan fingerprint density at radius 3 is 2.30 bits per heavy atom. The third-order valence-corrected chi connectivity index (χ3v) is 8.76. The van der Waals surface area contributed by atoms with Gasteiger partial charge in [-0.25, -0.2) is 15.0 Å². The minimum Gasteiger partial charge on any atom is -0.877 e. The van der Waals surface area contributed by atoms with Crippen LogP contribution in [0.4, 0.5) is 0 Å². The minimum atomic E-state index is -1.53. The first-order valence-corrected chi connectivity index (χ1v) is 14.6. The monoisotopic (exact) mass is 671 g/mol. The fourth-order valence-electron chi connectivity index (χ4n) is 6.40. The molecule has 3 N–H and O–H groups in total. The van der Waals surface area contributed by atoms with Crippen LogP contribution >= 0.6 is 0 Å². The van der Waals surface area contributed by atoms with E-state index in [1.54, 1.807) is 25.2 Å². The van der Waals surface area contributed by atoms with Gasteiger partial charge in [0.25, 0.3) is 0 Å². The molecular weight excluding hydrogens is 640 g/mol. The molecule has 0 aliphatic carbocycles. The van der Waals surface area contributed by atoms with Crippen LogP contribution in [0, 0.1) is 11.8 Å². The molecule has 5 aliphatic rings. The summed E-state index contributed by atoms with van der Waals surface area (Å²) < 4.78 is 0. The zero-order valence-corrected chi connectivity index (χ0v) is 26.6. The van der Waals surface area contributed by atoms with Gasteiger partial charge in [0.05, 0.1) is 46.6 Å². The predicted molar refractivity (Wildman–Crippen MR) is 164 cm³/mol. The first kappa shape index (κ1) is 34.1. The van der Waals surface area contributed by atoms with Crippen molar-refractivity contribution in [2.75, 3.05) is 0 Å². The molecule has 46 heavy (non-hydrogen) atoms. The third-order valence-electron chi connectivity index (χ3n) is 8.76. The van der Waals surface area contributed by atoms with E-state index in [0.29, 0.717) is 51.8 Å². The zero-order chi connectivity index (χ0) is 32.7. The first-order valence-electron chi connectivity index (χ1n) is 14.6. The summed E-state index contributed by atoms with van der Waals surface area (Å²) in [5.41, 5.74) is 5.83. The molecular formula is C34H32CuN4O7. The van der Waals surface area contributed by atoms with E-state index in [0.717, 1.165) is 17.4 Å². The quantitative estimate of drug-likeness (QED) is 0.259. The van der Waals surface area contributed by atoms with Gasteiger partial charge in [0, 0.05) is 46.4 Å². The largest absolute Gasteiger partial charge is 2.00 e. The second kappa shape index (κ2) is 13.3. The van der Waals surface area contributed by atoms with Crippen LogP contribution in [0.1, 0.15) is 53.4 Å². The Bertz CT molecular complexity index is 1830. The Kier molecular flexibility index (Phi) is 9.84. The molecule has 2 unspecified atom stereocenters. The van der Waals surface area contributed by atoms with Gasteiger partial charge in [0.15, 0.2) is 0 Å². The molecule has 0 aromatic rings. The topological polar surface area (TPSA) is 187 Å². The van der Waals surface area contributed by atoms with Crippen molar-refractivity contribution >= 4 is 35.0 Å². The number of aliphatic imine (C=N–C) groups is 3. The number of carbonyl (C=O) groups is 3. The SMILES string of the molecule is C=CC1=C(C)C2=NC1=CC1=NC(=C(CC)C1=C[O-])C=C1N=C(C(CC(=O)O)=C3NC(=C2)C(C)C3CCC(=O)O)C(C(=O)[O-])=C1C.[Cu+2]. The summed E-state index contributed by atoms with van der Waals surface area (Å²) in [5, 5.41) is 47.7. The standard InChI is InChI=1S/C34H34N4O7.Cu/c1-6-18-15(3)23-11-24-16(4)20(8-9-29(40)41)32(37-24)21(10-30(42)43)33-31(34(44)45)17(5)25(38-33)12-27-19(7-2)22(14-39)28(36-27)13-26(18)35-23;/h6,11-14,16,20,37,39H,1,7-10H2,2-5H3,(H,40,41)(H,42,43)(H,44,45);/q;+2/p-2. The van der Waals surface area contributed by atoms with E-state index in [4.69, 9.17) is 9.98 Å². The maximum absolute atomic E-state index is 12.6. The van der Waals surface area contributed by atoms with Gasteiger partial charge in [0.2, 0.25) is 0 Å². The van der Waals surface area contributed by atoms with Crippen LogP contribution in [0.15, 0.2) is 120 Å². The molecule has 2 atom stereocenters. The van der Waals surface area contributed by atoms with Crippen molar-refractivity contribution < 1.29 is 51.9 Å². The third kappa shape index (κ3) is 5.93. The Morgan fingerprint density at radius 1 is 1.00 bits per heavy atom. The molecule has 0 aromatic carbocycles. The average Bonchev–Trinajstić information content (AvgIpc) is 3.67. The van der Waals surface area contributed by atoms with Gasteiger partial charge in [0.1, 0.15) is 0 Å². The molecule has 11 nitrogen and oxygen atoms in total. The number of nitrogens with zero attached hydrogens (tertiary/aromatic N) is 3. The van der Waals surface area contributed by atoms with Crippen molar-refractivity contribution in [2.24, 2.45) is 26.8 Å². The van der Waals surface area contributed by atoms with Gasteiger partial charge in [-0.1, -0.05) is 26.5 Å². The molecule has 12 heteroatoms. The van der Waals surface area contributed by atoms with Gasteiger partial charge in [-0.2, -0.15) is 0 Å². The number of rotatable bonds is 8. The number of allylic oxidation sites excluding steroid dienone is 10. The van der Waals surface area contributed by atoms with Crippen molar-refractivity contribution in [3.8, 4) is 0 Å². The van der Waals surface area contributed by atoms with Gasteiger partial charge >= 0.3 is 29.0 Å². The molecule has 0 aromatic heterocycles. The van der Waals surface area contributed by atoms with Crippen LogP contribution in [-0.2, 0) is 31.5 Å². The molecule has 0 spiro atoms. The number of carbonyl (C=O) groups excluding carboxylic acids is 1. The van der Waals surface area contributed by atoms with E-state index in [2.05, 4.69) is 16.9 Å². The van der Waals surface area contributed by atoms with Crippen molar-refractivity contribution in [3.05, 3.63) is 105 Å². The molecule has 1 radical (unpaired) electrons. The van der Waals surface area contributed by atoms with Crippen molar-refractivity contribution in [2.45, 2.75) is 53.4 Å². The predicted octanol–water partition coefficient (Wildman–Crippen LogP) is 2.94. The number of nitrogens with one attached hydrogen (secondary N) is 1. The number of hydrogen-bond donors (Lipinski definition) is 3. The summed E-state index contributed by atoms with van der Waals surface area (Å²) in [5.74, 6) is -4.57. The Balaban J connectivity index is 0.00000480. The number of fused-ring (bicyclic) bond motifs is 5. The molecule has 241 valence electrons. The number of carboxylic acids is 3. The van der Waals surface area contributed by atoms with E-state index >= 15 is 0 Å². The number of carboxylic acid groups (broad SMARTS) is 3. The van der Waals surface area contributed by atoms with Gasteiger partial charge in [-0.15, -0.1) is 6.26 Å². The van der Waals surface area contributed by atoms with Crippen molar-refractivity contribution in [1.29, 1.82) is 0 Å². The van der Waals surface area contributed by atoms with Crippen LogP contribution in [-0.4, -0.2) is 45.3 Å². The van der Waals surface area contributed by atoms with E-state index in [9.17, 15) is 34.8 Å². The molecule has 0 saturated carbocycles. The molecule has 1 saturated heterocycles. The van der Waals surface area contributed by atoms with E-state index in [1.165, 1.54) is 0 Å². The normalized spacial score (nSPS) is 23.0. The number of aliphatic carboxylic acids is 3.